The highest BCUT2D eigenvalue weighted by molar-refractivity contribution is 7.45. The van der Waals surface area contributed by atoms with E-state index in [1.165, 1.54) is 0 Å². The van der Waals surface area contributed by atoms with E-state index in [0.29, 0.717) is 45.3 Å². The van der Waals surface area contributed by atoms with E-state index >= 15 is 0 Å². The molecular formula is C24H59N8O16P. The molecule has 0 aliphatic carbocycles. The van der Waals surface area contributed by atoms with Gasteiger partial charge in [-0.3, -0.25) is 19.8 Å². The molecule has 26 N–H and O–H groups in total. The Bertz CT molecular complexity index is 844. The second kappa shape index (κ2) is 35.2. The van der Waals surface area contributed by atoms with Gasteiger partial charge in [0.15, 0.2) is 5.96 Å². The predicted molar refractivity (Wildman–Crippen MR) is 174 cm³/mol. The molecule has 0 saturated heterocycles. The molecule has 296 valence electrons. The number of unbranched alkanes of at least 4 members (excludes halogenated alkanes) is 2. The highest BCUT2D eigenvalue weighted by Gasteiger charge is 2.29. The van der Waals surface area contributed by atoms with Gasteiger partial charge >= 0.3 is 25.7 Å². The smallest absolute Gasteiger partial charge is 0.466 e. The van der Waals surface area contributed by atoms with Crippen molar-refractivity contribution in [3.8, 4) is 0 Å². The van der Waals surface area contributed by atoms with Gasteiger partial charge < -0.3 is 100 Å². The Morgan fingerprint density at radius 3 is 1.10 bits per heavy atom. The highest BCUT2D eigenvalue weighted by atomic mass is 31.2. The minimum absolute atomic E-state index is 0.112. The third-order valence-corrected chi connectivity index (χ3v) is 5.41. The molecule has 0 spiro atoms. The molecular weight excluding hydrogens is 687 g/mol. The van der Waals surface area contributed by atoms with E-state index < -0.39 is 81.5 Å². The first-order valence-corrected chi connectivity index (χ1v) is 16.2. The van der Waals surface area contributed by atoms with Crippen molar-refractivity contribution < 1.29 is 79.6 Å². The van der Waals surface area contributed by atoms with Gasteiger partial charge in [-0.2, -0.15) is 0 Å². The maximum atomic E-state index is 10.2. The topological polar surface area (TPSA) is 503 Å². The number of hydrogen-bond donors (Lipinski definition) is 20. The summed E-state index contributed by atoms with van der Waals surface area (Å²) in [7, 11) is -4.64. The first kappa shape index (κ1) is 55.8. The van der Waals surface area contributed by atoms with Crippen LogP contribution >= 0.6 is 7.82 Å². The lowest BCUT2D eigenvalue weighted by Gasteiger charge is -2.24. The van der Waals surface area contributed by atoms with E-state index in [1.807, 2.05) is 0 Å². The van der Waals surface area contributed by atoms with E-state index in [2.05, 4.69) is 5.32 Å². The number of aliphatic carboxylic acids is 3. The zero-order chi connectivity index (χ0) is 39.8. The number of rotatable bonds is 20. The monoisotopic (exact) mass is 746 g/mol. The molecule has 0 aromatic heterocycles. The van der Waals surface area contributed by atoms with Crippen molar-refractivity contribution in [3.05, 3.63) is 0 Å². The van der Waals surface area contributed by atoms with Crippen LogP contribution in [0.4, 0.5) is 0 Å². The summed E-state index contributed by atoms with van der Waals surface area (Å²) >= 11 is 0. The predicted octanol–water partition coefficient (Wildman–Crippen LogP) is -6.80. The van der Waals surface area contributed by atoms with Crippen LogP contribution in [0.5, 0.6) is 0 Å². The molecule has 0 aromatic carbocycles. The fraction of sp³-hybridized carbons (Fsp3) is 0.833. The largest absolute Gasteiger partial charge is 0.480 e. The van der Waals surface area contributed by atoms with E-state index in [-0.39, 0.29) is 5.96 Å². The molecule has 0 aliphatic rings. The molecule has 0 bridgehead atoms. The molecule has 0 amide bonds. The summed E-state index contributed by atoms with van der Waals surface area (Å²) < 4.78 is 8.88. The lowest BCUT2D eigenvalue weighted by Crippen LogP contribution is -2.46. The molecule has 24 nitrogen and oxygen atoms in total. The maximum Gasteiger partial charge on any atom is 0.466 e. The molecule has 0 aromatic rings. The SMILES string of the molecule is N=C(N)NCCCC(N)C(=O)O.NCCCCC(N)C(=O)O.NCCCCC(N)C(=O)O.O=P(O)(O)O.OCC(O)C(O)C(O)C(O)CO. The minimum Gasteiger partial charge on any atom is -0.480 e. The summed E-state index contributed by atoms with van der Waals surface area (Å²) in [5.74, 6) is -2.98. The van der Waals surface area contributed by atoms with Gasteiger partial charge in [-0.05, 0) is 51.6 Å². The number of aliphatic hydroxyl groups is 6. The number of hydrogen-bond acceptors (Lipinski definition) is 16. The summed E-state index contributed by atoms with van der Waals surface area (Å²) in [4.78, 5) is 52.1. The number of carboxylic acids is 3. The molecule has 0 aliphatic heterocycles. The molecule has 0 fully saturated rings. The van der Waals surface area contributed by atoms with Gasteiger partial charge in [-0.1, -0.05) is 12.8 Å². The molecule has 7 atom stereocenters. The van der Waals surface area contributed by atoms with E-state index in [9.17, 15) is 14.4 Å². The van der Waals surface area contributed by atoms with Crippen LogP contribution in [0.1, 0.15) is 51.4 Å². The van der Waals surface area contributed by atoms with Crippen LogP contribution < -0.4 is 39.7 Å². The van der Waals surface area contributed by atoms with Gasteiger partial charge in [-0.15, -0.1) is 0 Å². The normalized spacial score (nSPS) is 14.7. The fourth-order valence-electron chi connectivity index (χ4n) is 2.60. The Labute approximate surface area is 283 Å². The van der Waals surface area contributed by atoms with Crippen LogP contribution in [0, 0.1) is 5.41 Å². The molecule has 7 unspecified atom stereocenters. The molecule has 0 saturated carbocycles. The second-order valence-electron chi connectivity index (χ2n) is 9.88. The summed E-state index contributed by atoms with van der Waals surface area (Å²) in [6.45, 7) is 0.238. The summed E-state index contributed by atoms with van der Waals surface area (Å²) in [6.07, 6.45) is -1.09. The van der Waals surface area contributed by atoms with Gasteiger partial charge in [0.05, 0.1) is 13.2 Å². The maximum absolute atomic E-state index is 10.2. The van der Waals surface area contributed by atoms with Gasteiger partial charge in [0, 0.05) is 6.54 Å². The number of nitrogens with one attached hydrogen (secondary N) is 2. The summed E-state index contributed by atoms with van der Waals surface area (Å²) in [6, 6.07) is -2.25. The summed E-state index contributed by atoms with van der Waals surface area (Å²) in [5, 5.41) is 86.5. The van der Waals surface area contributed by atoms with E-state index in [0.717, 1.165) is 25.7 Å². The van der Waals surface area contributed by atoms with Gasteiger partial charge in [-0.25, -0.2) is 4.57 Å². The number of carboxylic acid groups (broad SMARTS) is 3. The minimum atomic E-state index is -4.64. The highest BCUT2D eigenvalue weighted by Crippen LogP contribution is 2.25. The fourth-order valence-corrected chi connectivity index (χ4v) is 2.60. The van der Waals surface area contributed by atoms with Crippen molar-refractivity contribution >= 4 is 31.7 Å². The van der Waals surface area contributed by atoms with Gasteiger partial charge in [0.1, 0.15) is 42.5 Å². The number of carbonyl (C=O) groups is 3. The lowest BCUT2D eigenvalue weighted by atomic mass is 10.0. The van der Waals surface area contributed by atoms with Crippen molar-refractivity contribution in [2.75, 3.05) is 32.8 Å². The molecule has 49 heavy (non-hydrogen) atoms. The third kappa shape index (κ3) is 47.5. The number of guanidine groups is 1. The van der Waals surface area contributed by atoms with Crippen molar-refractivity contribution in [1.82, 2.24) is 5.32 Å². The average molecular weight is 747 g/mol. The quantitative estimate of drug-likeness (QED) is 0.0238. The standard InChI is InChI=1S/C6H14N4O2.2C6H14N2O2.C6H14O6.H3O4P/c7-4(5(11)12)2-1-3-10-6(8)9;2*7-4-2-1-3-5(8)6(9)10;7-1-3(9)5(11)6(12)4(10)2-8;1-5(2,3)4/h4H,1-3,7H2,(H,11,12)(H4,8,9,10);2*5H,1-4,7-8H2,(H,9,10);3-12H,1-2H2;(H3,1,2,3,4). The van der Waals surface area contributed by atoms with Crippen LogP contribution in [0.25, 0.3) is 0 Å². The zero-order valence-electron chi connectivity index (χ0n) is 27.1. The summed E-state index contributed by atoms with van der Waals surface area (Å²) in [5.41, 5.74) is 31.1. The first-order valence-electron chi connectivity index (χ1n) is 14.6. The average Bonchev–Trinajstić information content (AvgIpc) is 3.01. The third-order valence-electron chi connectivity index (χ3n) is 5.41. The van der Waals surface area contributed by atoms with E-state index in [4.69, 9.17) is 105 Å². The Hall–Kier alpha value is -2.65. The van der Waals surface area contributed by atoms with Crippen LogP contribution in [0.15, 0.2) is 0 Å². The molecule has 0 rings (SSSR count). The van der Waals surface area contributed by atoms with Crippen molar-refractivity contribution in [2.24, 2.45) is 34.4 Å². The lowest BCUT2D eigenvalue weighted by molar-refractivity contribution is -0.139. The molecule has 25 heteroatoms. The second-order valence-corrected chi connectivity index (χ2v) is 10.9. The Kier molecular flexibility index (Phi) is 40.0. The Morgan fingerprint density at radius 2 is 0.898 bits per heavy atom. The van der Waals surface area contributed by atoms with Crippen molar-refractivity contribution in [1.29, 1.82) is 5.41 Å². The van der Waals surface area contributed by atoms with Gasteiger partial charge in [0.2, 0.25) is 0 Å². The van der Waals surface area contributed by atoms with Crippen LogP contribution in [0.2, 0.25) is 0 Å². The first-order chi connectivity index (χ1) is 22.4. The van der Waals surface area contributed by atoms with E-state index in [1.54, 1.807) is 0 Å². The van der Waals surface area contributed by atoms with Crippen LogP contribution in [-0.2, 0) is 18.9 Å². The Morgan fingerprint density at radius 1 is 0.633 bits per heavy atom. The van der Waals surface area contributed by atoms with Crippen molar-refractivity contribution in [3.63, 3.8) is 0 Å². The number of aliphatic hydroxyl groups excluding tert-OH is 6. The van der Waals surface area contributed by atoms with Crippen LogP contribution in [0.3, 0.4) is 0 Å². The Balaban J connectivity index is -0.000000168. The molecule has 0 heterocycles. The number of nitrogens with two attached hydrogens (primary N) is 6. The van der Waals surface area contributed by atoms with Crippen molar-refractivity contribution in [2.45, 2.75) is 93.9 Å². The number of phosphoric acid groups is 1. The van der Waals surface area contributed by atoms with Crippen LogP contribution in [-0.4, -0.2) is 160 Å². The molecule has 0 radical (unpaired) electrons. The van der Waals surface area contributed by atoms with Gasteiger partial charge in [0.25, 0.3) is 0 Å². The zero-order valence-corrected chi connectivity index (χ0v) is 28.0.